The molecule has 1 unspecified atom stereocenters. The van der Waals surface area contributed by atoms with E-state index in [0.717, 1.165) is 5.56 Å². The molecule has 0 radical (unpaired) electrons. The summed E-state index contributed by atoms with van der Waals surface area (Å²) in [5.74, 6) is 0.356. The number of methoxy groups -OCH3 is 1. The summed E-state index contributed by atoms with van der Waals surface area (Å²) < 4.78 is 10.0. The van der Waals surface area contributed by atoms with Crippen molar-refractivity contribution in [3.05, 3.63) is 59.0 Å². The average Bonchev–Trinajstić information content (AvgIpc) is 3.02. The Hall–Kier alpha value is -2.58. The van der Waals surface area contributed by atoms with E-state index >= 15 is 0 Å². The first-order valence-corrected chi connectivity index (χ1v) is 6.54. The monoisotopic (exact) mass is 284 g/mol. The van der Waals surface area contributed by atoms with Gasteiger partial charge in [0.05, 0.1) is 24.8 Å². The van der Waals surface area contributed by atoms with Gasteiger partial charge in [-0.2, -0.15) is 5.26 Å². The van der Waals surface area contributed by atoms with Crippen molar-refractivity contribution >= 4 is 5.97 Å². The van der Waals surface area contributed by atoms with Crippen LogP contribution in [0, 0.1) is 11.3 Å². The van der Waals surface area contributed by atoms with Crippen LogP contribution in [0.15, 0.2) is 40.8 Å². The Labute approximate surface area is 123 Å². The van der Waals surface area contributed by atoms with Gasteiger partial charge in [-0.15, -0.1) is 0 Å². The number of nitrogens with zero attached hydrogens (tertiary/aromatic N) is 1. The lowest BCUT2D eigenvalue weighted by atomic mass is 10.1. The van der Waals surface area contributed by atoms with Gasteiger partial charge in [-0.05, 0) is 36.8 Å². The summed E-state index contributed by atoms with van der Waals surface area (Å²) in [5.41, 5.74) is 1.65. The maximum absolute atomic E-state index is 11.3. The zero-order valence-corrected chi connectivity index (χ0v) is 11.9. The van der Waals surface area contributed by atoms with Crippen molar-refractivity contribution in [1.82, 2.24) is 5.32 Å². The molecular formula is C16H16N2O3. The predicted octanol–water partition coefficient (Wildman–Crippen LogP) is 2.79. The first-order chi connectivity index (χ1) is 10.1. The molecule has 0 bridgehead atoms. The van der Waals surface area contributed by atoms with Crippen molar-refractivity contribution in [2.24, 2.45) is 0 Å². The Morgan fingerprint density at radius 1 is 1.43 bits per heavy atom. The molecule has 0 fully saturated rings. The van der Waals surface area contributed by atoms with Crippen LogP contribution < -0.4 is 5.32 Å². The Balaban J connectivity index is 1.98. The van der Waals surface area contributed by atoms with E-state index in [2.05, 4.69) is 16.1 Å². The number of hydrogen-bond donors (Lipinski definition) is 1. The van der Waals surface area contributed by atoms with Crippen LogP contribution in [0.4, 0.5) is 0 Å². The van der Waals surface area contributed by atoms with Crippen LogP contribution in [0.5, 0.6) is 0 Å². The number of ether oxygens (including phenoxy) is 1. The van der Waals surface area contributed by atoms with Crippen LogP contribution in [-0.2, 0) is 11.3 Å². The van der Waals surface area contributed by atoms with Gasteiger partial charge in [0, 0.05) is 6.54 Å². The number of nitriles is 1. The minimum Gasteiger partial charge on any atom is -0.463 e. The predicted molar refractivity (Wildman–Crippen MR) is 76.5 cm³/mol. The van der Waals surface area contributed by atoms with Gasteiger partial charge in [0.1, 0.15) is 5.76 Å². The molecule has 108 valence electrons. The highest BCUT2D eigenvalue weighted by Crippen LogP contribution is 2.17. The second-order valence-electron chi connectivity index (χ2n) is 4.61. The van der Waals surface area contributed by atoms with Crippen LogP contribution >= 0.6 is 0 Å². The van der Waals surface area contributed by atoms with Crippen LogP contribution in [0.3, 0.4) is 0 Å². The lowest BCUT2D eigenvalue weighted by molar-refractivity contribution is 0.0562. The number of nitrogens with one attached hydrogen (secondary N) is 1. The number of carbonyl (C=O) groups excluding carboxylic acids is 1. The second kappa shape index (κ2) is 6.73. The van der Waals surface area contributed by atoms with Gasteiger partial charge in [-0.25, -0.2) is 4.79 Å². The fourth-order valence-corrected chi connectivity index (χ4v) is 1.92. The minimum absolute atomic E-state index is 0.0610. The molecule has 0 aliphatic carbocycles. The van der Waals surface area contributed by atoms with Gasteiger partial charge in [0.2, 0.25) is 5.76 Å². The van der Waals surface area contributed by atoms with Crippen molar-refractivity contribution in [3.8, 4) is 6.07 Å². The van der Waals surface area contributed by atoms with Crippen LogP contribution in [0.2, 0.25) is 0 Å². The summed E-state index contributed by atoms with van der Waals surface area (Å²) >= 11 is 0. The molecule has 0 aliphatic rings. The highest BCUT2D eigenvalue weighted by Gasteiger charge is 2.14. The van der Waals surface area contributed by atoms with Crippen molar-refractivity contribution in [1.29, 1.82) is 5.26 Å². The normalized spacial score (nSPS) is 11.7. The first kappa shape index (κ1) is 14.8. The van der Waals surface area contributed by atoms with Crippen molar-refractivity contribution in [2.45, 2.75) is 19.5 Å². The molecule has 5 heteroatoms. The van der Waals surface area contributed by atoms with Crippen molar-refractivity contribution in [3.63, 3.8) is 0 Å². The summed E-state index contributed by atoms with van der Waals surface area (Å²) in [6.45, 7) is 2.54. The minimum atomic E-state index is -0.491. The third-order valence-corrected chi connectivity index (χ3v) is 3.11. The molecule has 1 aromatic carbocycles. The van der Waals surface area contributed by atoms with Gasteiger partial charge in [-0.1, -0.05) is 12.1 Å². The molecule has 1 atom stereocenters. The van der Waals surface area contributed by atoms with E-state index in [1.54, 1.807) is 18.2 Å². The highest BCUT2D eigenvalue weighted by molar-refractivity contribution is 5.86. The molecule has 2 aromatic rings. The quantitative estimate of drug-likeness (QED) is 0.854. The first-order valence-electron chi connectivity index (χ1n) is 6.54. The summed E-state index contributed by atoms with van der Waals surface area (Å²) in [7, 11) is 1.31. The van der Waals surface area contributed by atoms with E-state index in [-0.39, 0.29) is 11.8 Å². The molecule has 0 amide bonds. The molecule has 2 rings (SSSR count). The van der Waals surface area contributed by atoms with E-state index in [1.165, 1.54) is 7.11 Å². The van der Waals surface area contributed by atoms with E-state index in [0.29, 0.717) is 17.9 Å². The topological polar surface area (TPSA) is 75.3 Å². The van der Waals surface area contributed by atoms with Gasteiger partial charge >= 0.3 is 5.97 Å². The standard InChI is InChI=1S/C16H16N2O3/c1-11(14-6-7-15(21-14)16(19)20-2)18-10-13-5-3-4-12(8-13)9-17/h3-8,11,18H,10H2,1-2H3. The number of hydrogen-bond acceptors (Lipinski definition) is 5. The zero-order valence-electron chi connectivity index (χ0n) is 11.9. The van der Waals surface area contributed by atoms with E-state index in [1.807, 2.05) is 25.1 Å². The number of carbonyl (C=O) groups is 1. The maximum Gasteiger partial charge on any atom is 0.373 e. The Morgan fingerprint density at radius 2 is 2.24 bits per heavy atom. The summed E-state index contributed by atoms with van der Waals surface area (Å²) in [6.07, 6.45) is 0. The van der Waals surface area contributed by atoms with Crippen LogP contribution in [-0.4, -0.2) is 13.1 Å². The Bertz CT molecular complexity index is 670. The molecule has 0 saturated carbocycles. The van der Waals surface area contributed by atoms with Crippen molar-refractivity contribution < 1.29 is 13.9 Å². The molecule has 0 saturated heterocycles. The number of furan rings is 1. The third kappa shape index (κ3) is 3.71. The maximum atomic E-state index is 11.3. The third-order valence-electron chi connectivity index (χ3n) is 3.11. The zero-order chi connectivity index (χ0) is 15.2. The fourth-order valence-electron chi connectivity index (χ4n) is 1.92. The smallest absolute Gasteiger partial charge is 0.373 e. The fraction of sp³-hybridized carbons (Fsp3) is 0.250. The second-order valence-corrected chi connectivity index (χ2v) is 4.61. The van der Waals surface area contributed by atoms with Gasteiger partial charge < -0.3 is 14.5 Å². The largest absolute Gasteiger partial charge is 0.463 e. The summed E-state index contributed by atoms with van der Waals surface area (Å²) in [5, 5.41) is 12.1. The van der Waals surface area contributed by atoms with E-state index in [9.17, 15) is 4.79 Å². The lowest BCUT2D eigenvalue weighted by Crippen LogP contribution is -2.17. The molecule has 21 heavy (non-hydrogen) atoms. The van der Waals surface area contributed by atoms with E-state index < -0.39 is 5.97 Å². The van der Waals surface area contributed by atoms with Crippen LogP contribution in [0.25, 0.3) is 0 Å². The van der Waals surface area contributed by atoms with Crippen molar-refractivity contribution in [2.75, 3.05) is 7.11 Å². The molecule has 5 nitrogen and oxygen atoms in total. The summed E-state index contributed by atoms with van der Waals surface area (Å²) in [4.78, 5) is 11.3. The number of benzene rings is 1. The van der Waals surface area contributed by atoms with Gasteiger partial charge in [0.15, 0.2) is 0 Å². The highest BCUT2D eigenvalue weighted by atomic mass is 16.5. The Kier molecular flexibility index (Phi) is 4.75. The molecule has 1 heterocycles. The molecule has 1 N–H and O–H groups in total. The lowest BCUT2D eigenvalue weighted by Gasteiger charge is -2.11. The molecular weight excluding hydrogens is 268 g/mol. The van der Waals surface area contributed by atoms with Gasteiger partial charge in [0.25, 0.3) is 0 Å². The molecule has 0 spiro atoms. The summed E-state index contributed by atoms with van der Waals surface area (Å²) in [6, 6.07) is 12.8. The SMILES string of the molecule is COC(=O)c1ccc(C(C)NCc2cccc(C#N)c2)o1. The molecule has 1 aromatic heterocycles. The number of rotatable bonds is 5. The van der Waals surface area contributed by atoms with Crippen LogP contribution in [0.1, 0.15) is 40.4 Å². The molecule has 0 aliphatic heterocycles. The average molecular weight is 284 g/mol. The number of esters is 1. The van der Waals surface area contributed by atoms with Gasteiger partial charge in [-0.3, -0.25) is 0 Å². The van der Waals surface area contributed by atoms with E-state index in [4.69, 9.17) is 9.68 Å². The Morgan fingerprint density at radius 3 is 2.95 bits per heavy atom.